The van der Waals surface area contributed by atoms with Crippen molar-refractivity contribution < 1.29 is 54.9 Å². The van der Waals surface area contributed by atoms with Crippen molar-refractivity contribution in [3.8, 4) is 0 Å². The van der Waals surface area contributed by atoms with Crippen LogP contribution < -0.4 is 0 Å². The molecule has 0 aromatic heterocycles. The van der Waals surface area contributed by atoms with E-state index in [0.717, 1.165) is 24.3 Å². The maximum atomic E-state index is 13.6. The van der Waals surface area contributed by atoms with Gasteiger partial charge in [-0.2, -0.15) is 35.1 Å². The minimum atomic E-state index is -6.15. The number of halogens is 8. The smallest absolute Gasteiger partial charge is 0.454 e. The van der Waals surface area contributed by atoms with Gasteiger partial charge in [0.1, 0.15) is 12.0 Å². The number of alkyl halides is 8. The highest BCUT2D eigenvalue weighted by Gasteiger charge is 2.70. The third-order valence-electron chi connectivity index (χ3n) is 4.49. The molecule has 0 fully saturated rings. The van der Waals surface area contributed by atoms with Gasteiger partial charge in [0.2, 0.25) is 5.54 Å². The standard InChI is InChI=1S/C16H13F8NO4/c17-14(18,16(22,23)24)12(6-26,7-27)8-29-11(28)9-1-3-10(4-2-9)13(5-25-13)15(19,20)21/h1-5,26-27H,6-8H2. The van der Waals surface area contributed by atoms with E-state index in [-0.39, 0.29) is 5.56 Å². The topological polar surface area (TPSA) is 79.1 Å². The number of carbonyl (C=O) groups excluding carboxylic acids is 1. The van der Waals surface area contributed by atoms with Crippen LogP contribution in [-0.2, 0) is 10.3 Å². The summed E-state index contributed by atoms with van der Waals surface area (Å²) in [5, 5.41) is 18.0. The van der Waals surface area contributed by atoms with E-state index in [0.29, 0.717) is 6.21 Å². The number of esters is 1. The van der Waals surface area contributed by atoms with Crippen molar-refractivity contribution in [3.63, 3.8) is 0 Å². The molecule has 13 heteroatoms. The quantitative estimate of drug-likeness (QED) is 0.510. The molecule has 1 heterocycles. The molecule has 1 unspecified atom stereocenters. The molecule has 2 rings (SSSR count). The number of aliphatic hydroxyl groups excluding tert-OH is 2. The third-order valence-corrected chi connectivity index (χ3v) is 4.49. The first-order valence-corrected chi connectivity index (χ1v) is 7.74. The minimum absolute atomic E-state index is 0.342. The van der Waals surface area contributed by atoms with Gasteiger partial charge in [0.05, 0.1) is 18.8 Å². The molecule has 1 aliphatic heterocycles. The molecule has 0 aliphatic carbocycles. The van der Waals surface area contributed by atoms with E-state index in [9.17, 15) is 39.9 Å². The van der Waals surface area contributed by atoms with Gasteiger partial charge in [-0.15, -0.1) is 0 Å². The van der Waals surface area contributed by atoms with E-state index in [4.69, 9.17) is 10.2 Å². The van der Waals surface area contributed by atoms with Crippen molar-refractivity contribution in [2.24, 2.45) is 10.4 Å². The molecule has 162 valence electrons. The first kappa shape index (κ1) is 23.0. The molecule has 1 aliphatic rings. The van der Waals surface area contributed by atoms with Crippen LogP contribution in [-0.4, -0.2) is 60.5 Å². The number of hydrogen-bond acceptors (Lipinski definition) is 5. The van der Waals surface area contributed by atoms with Gasteiger partial charge in [-0.3, -0.25) is 4.99 Å². The Bertz CT molecular complexity index is 776. The molecule has 29 heavy (non-hydrogen) atoms. The van der Waals surface area contributed by atoms with Gasteiger partial charge in [0, 0.05) is 6.21 Å². The number of carbonyl (C=O) groups is 1. The maximum absolute atomic E-state index is 13.6. The van der Waals surface area contributed by atoms with Crippen LogP contribution in [0.5, 0.6) is 0 Å². The molecular formula is C16H13F8NO4. The van der Waals surface area contributed by atoms with Gasteiger partial charge in [-0.25, -0.2) is 4.79 Å². The fourth-order valence-corrected chi connectivity index (χ4v) is 2.40. The van der Waals surface area contributed by atoms with Gasteiger partial charge in [0.25, 0.3) is 0 Å². The summed E-state index contributed by atoms with van der Waals surface area (Å²) in [6.07, 6.45) is -10.2. The fourth-order valence-electron chi connectivity index (χ4n) is 2.40. The number of rotatable bonds is 7. The van der Waals surface area contributed by atoms with Gasteiger partial charge in [-0.05, 0) is 17.7 Å². The SMILES string of the molecule is O=C(OCC(CO)(CO)C(F)(F)C(F)(F)F)c1ccc(C2(C(F)(F)F)C=N2)cc1. The van der Waals surface area contributed by atoms with Crippen molar-refractivity contribution in [1.29, 1.82) is 0 Å². The Balaban J connectivity index is 2.16. The average Bonchev–Trinajstić information content (AvgIpc) is 3.43. The molecule has 1 aromatic carbocycles. The molecule has 0 radical (unpaired) electrons. The monoisotopic (exact) mass is 435 g/mol. The summed E-state index contributed by atoms with van der Waals surface area (Å²) in [4.78, 5) is 15.1. The molecule has 0 amide bonds. The Labute approximate surface area is 157 Å². The van der Waals surface area contributed by atoms with E-state index in [1.54, 1.807) is 0 Å². The van der Waals surface area contributed by atoms with Crippen LogP contribution in [0.2, 0.25) is 0 Å². The van der Waals surface area contributed by atoms with Crippen LogP contribution >= 0.6 is 0 Å². The van der Waals surface area contributed by atoms with Crippen LogP contribution in [0, 0.1) is 5.41 Å². The largest absolute Gasteiger partial charge is 0.461 e. The van der Waals surface area contributed by atoms with E-state index < -0.39 is 60.6 Å². The summed E-state index contributed by atoms with van der Waals surface area (Å²) in [5.41, 5.74) is -6.87. The number of ether oxygens (including phenoxy) is 1. The number of benzene rings is 1. The molecule has 0 bridgehead atoms. The van der Waals surface area contributed by atoms with E-state index in [1.165, 1.54) is 0 Å². The van der Waals surface area contributed by atoms with Crippen molar-refractivity contribution in [1.82, 2.24) is 0 Å². The summed E-state index contributed by atoms with van der Waals surface area (Å²) in [6, 6.07) is 3.42. The predicted molar refractivity (Wildman–Crippen MR) is 80.6 cm³/mol. The highest BCUT2D eigenvalue weighted by Crippen LogP contribution is 2.49. The second-order valence-corrected chi connectivity index (χ2v) is 6.34. The third kappa shape index (κ3) is 3.80. The number of aliphatic imine (C=N–C) groups is 1. The van der Waals surface area contributed by atoms with Crippen LogP contribution in [0.15, 0.2) is 29.3 Å². The molecule has 0 saturated heterocycles. The molecule has 0 saturated carbocycles. The van der Waals surface area contributed by atoms with Crippen LogP contribution in [0.3, 0.4) is 0 Å². The lowest BCUT2D eigenvalue weighted by Crippen LogP contribution is -2.58. The van der Waals surface area contributed by atoms with Crippen LogP contribution in [0.25, 0.3) is 0 Å². The zero-order valence-electron chi connectivity index (χ0n) is 14.2. The maximum Gasteiger partial charge on any atom is 0.454 e. The van der Waals surface area contributed by atoms with Crippen LogP contribution in [0.1, 0.15) is 15.9 Å². The van der Waals surface area contributed by atoms with Crippen molar-refractivity contribution in [2.45, 2.75) is 23.8 Å². The Morgan fingerprint density at radius 1 is 0.966 bits per heavy atom. The summed E-state index contributed by atoms with van der Waals surface area (Å²) in [5.74, 6) is -7.05. The highest BCUT2D eigenvalue weighted by atomic mass is 19.4. The fraction of sp³-hybridized carbons (Fsp3) is 0.500. The molecular weight excluding hydrogens is 422 g/mol. The molecule has 1 atom stereocenters. The summed E-state index contributed by atoms with van der Waals surface area (Å²) >= 11 is 0. The van der Waals surface area contributed by atoms with Gasteiger partial charge in [0.15, 0.2) is 0 Å². The molecule has 2 N–H and O–H groups in total. The Kier molecular flexibility index (Phi) is 5.71. The Morgan fingerprint density at radius 3 is 1.79 bits per heavy atom. The lowest BCUT2D eigenvalue weighted by molar-refractivity contribution is -0.340. The van der Waals surface area contributed by atoms with Crippen LogP contribution in [0.4, 0.5) is 35.1 Å². The predicted octanol–water partition coefficient (Wildman–Crippen LogP) is 2.85. The summed E-state index contributed by atoms with van der Waals surface area (Å²) in [7, 11) is 0. The Hall–Kier alpha value is -2.28. The van der Waals surface area contributed by atoms with E-state index in [1.807, 2.05) is 0 Å². The molecule has 5 nitrogen and oxygen atoms in total. The normalized spacial score (nSPS) is 19.9. The van der Waals surface area contributed by atoms with Crippen molar-refractivity contribution >= 4 is 12.2 Å². The zero-order valence-corrected chi connectivity index (χ0v) is 14.2. The highest BCUT2D eigenvalue weighted by molar-refractivity contribution is 5.91. The summed E-state index contributed by atoms with van der Waals surface area (Å²) in [6.45, 7) is -5.44. The molecule has 1 aromatic rings. The van der Waals surface area contributed by atoms with Gasteiger partial charge < -0.3 is 14.9 Å². The van der Waals surface area contributed by atoms with Gasteiger partial charge >= 0.3 is 24.2 Å². The lowest BCUT2D eigenvalue weighted by atomic mass is 9.83. The second kappa shape index (κ2) is 7.20. The number of hydrogen-bond donors (Lipinski definition) is 2. The number of nitrogens with zero attached hydrogens (tertiary/aromatic N) is 1. The van der Waals surface area contributed by atoms with E-state index >= 15 is 0 Å². The second-order valence-electron chi connectivity index (χ2n) is 6.34. The average molecular weight is 435 g/mol. The van der Waals surface area contributed by atoms with Crippen molar-refractivity contribution in [2.75, 3.05) is 19.8 Å². The van der Waals surface area contributed by atoms with E-state index in [2.05, 4.69) is 9.73 Å². The first-order chi connectivity index (χ1) is 13.2. The molecule has 0 spiro atoms. The lowest BCUT2D eigenvalue weighted by Gasteiger charge is -2.37. The minimum Gasteiger partial charge on any atom is -0.461 e. The Morgan fingerprint density at radius 2 is 1.45 bits per heavy atom. The first-order valence-electron chi connectivity index (χ1n) is 7.74. The zero-order chi connectivity index (χ0) is 22.3. The number of aliphatic hydroxyl groups is 2. The summed E-state index contributed by atoms with van der Waals surface area (Å²) < 4.78 is 108. The van der Waals surface area contributed by atoms with Gasteiger partial charge in [-0.1, -0.05) is 12.1 Å². The van der Waals surface area contributed by atoms with Crippen molar-refractivity contribution in [3.05, 3.63) is 35.4 Å².